The third kappa shape index (κ3) is 2.83. The maximum atomic E-state index is 13.4. The van der Waals surface area contributed by atoms with Gasteiger partial charge >= 0.3 is 0 Å². The van der Waals surface area contributed by atoms with E-state index in [1.165, 1.54) is 6.20 Å². The van der Waals surface area contributed by atoms with Crippen LogP contribution in [0.3, 0.4) is 0 Å². The zero-order chi connectivity index (χ0) is 12.5. The van der Waals surface area contributed by atoms with Crippen molar-refractivity contribution in [3.63, 3.8) is 0 Å². The molecule has 1 aliphatic carbocycles. The van der Waals surface area contributed by atoms with E-state index in [1.807, 2.05) is 0 Å². The van der Waals surface area contributed by atoms with Crippen LogP contribution in [0.2, 0.25) is 0 Å². The summed E-state index contributed by atoms with van der Waals surface area (Å²) in [4.78, 5) is 3.56. The second-order valence-electron chi connectivity index (χ2n) is 4.68. The van der Waals surface area contributed by atoms with Crippen LogP contribution >= 0.6 is 0 Å². The van der Waals surface area contributed by atoms with Crippen LogP contribution in [-0.2, 0) is 15.6 Å². The van der Waals surface area contributed by atoms with Gasteiger partial charge in [0.2, 0.25) is 5.95 Å². The van der Waals surface area contributed by atoms with Crippen LogP contribution in [-0.4, -0.2) is 18.7 Å². The highest BCUT2D eigenvalue weighted by Crippen LogP contribution is 2.27. The van der Waals surface area contributed by atoms with Crippen molar-refractivity contribution in [2.45, 2.75) is 43.6 Å². The summed E-state index contributed by atoms with van der Waals surface area (Å²) in [6.07, 6.45) is 4.74. The first-order valence-corrected chi connectivity index (χ1v) is 7.53. The van der Waals surface area contributed by atoms with Gasteiger partial charge in [0.05, 0.1) is 11.0 Å². The zero-order valence-corrected chi connectivity index (χ0v) is 10.6. The van der Waals surface area contributed by atoms with E-state index >= 15 is 0 Å². The molecule has 0 spiro atoms. The monoisotopic (exact) mass is 257 g/mol. The third-order valence-corrected chi connectivity index (χ3v) is 5.42. The lowest BCUT2D eigenvalue weighted by Gasteiger charge is -2.11. The van der Waals surface area contributed by atoms with Crippen molar-refractivity contribution in [3.05, 3.63) is 29.3 Å². The molecule has 1 aromatic heterocycles. The van der Waals surface area contributed by atoms with Crippen molar-refractivity contribution in [2.24, 2.45) is 0 Å². The third-order valence-electron chi connectivity index (χ3n) is 3.22. The van der Waals surface area contributed by atoms with Gasteiger partial charge in [-0.3, -0.25) is 0 Å². The minimum atomic E-state index is -3.23. The van der Waals surface area contributed by atoms with E-state index in [0.29, 0.717) is 12.8 Å². The van der Waals surface area contributed by atoms with E-state index in [9.17, 15) is 12.8 Å². The van der Waals surface area contributed by atoms with Gasteiger partial charge in [0.1, 0.15) is 0 Å². The molecule has 1 saturated carbocycles. The Balaban J connectivity index is 2.22. The molecule has 1 heterocycles. The molecule has 1 fully saturated rings. The molecular formula is C12H16FNO2S. The Bertz CT molecular complexity index is 507. The number of hydrogen-bond acceptors (Lipinski definition) is 3. The summed E-state index contributed by atoms with van der Waals surface area (Å²) >= 11 is 0. The Kier molecular flexibility index (Phi) is 3.47. The van der Waals surface area contributed by atoms with Gasteiger partial charge in [0.15, 0.2) is 9.84 Å². The van der Waals surface area contributed by atoms with E-state index in [4.69, 9.17) is 0 Å². The van der Waals surface area contributed by atoms with Crippen molar-refractivity contribution in [3.8, 4) is 0 Å². The van der Waals surface area contributed by atoms with Crippen LogP contribution in [0, 0.1) is 12.9 Å². The summed E-state index contributed by atoms with van der Waals surface area (Å²) in [5.74, 6) is -0.893. The summed E-state index contributed by atoms with van der Waals surface area (Å²) < 4.78 is 37.6. The number of sulfone groups is 1. The molecule has 1 aliphatic rings. The Labute approximate surface area is 101 Å². The van der Waals surface area contributed by atoms with Crippen LogP contribution < -0.4 is 0 Å². The quantitative estimate of drug-likeness (QED) is 0.781. The second kappa shape index (κ2) is 4.72. The molecule has 17 heavy (non-hydrogen) atoms. The average Bonchev–Trinajstić information content (AvgIpc) is 2.77. The number of hydrogen-bond donors (Lipinski definition) is 0. The van der Waals surface area contributed by atoms with Gasteiger partial charge in [-0.2, -0.15) is 4.39 Å². The Morgan fingerprint density at radius 1 is 1.41 bits per heavy atom. The standard InChI is InChI=1S/C12H16FNO2S/c1-9-6-10(12(13)14-7-9)8-17(15,16)11-4-2-3-5-11/h6-7,11H,2-5,8H2,1H3. The molecule has 5 heteroatoms. The molecule has 0 radical (unpaired) electrons. The molecule has 94 valence electrons. The Hall–Kier alpha value is -0.970. The van der Waals surface area contributed by atoms with Crippen LogP contribution in [0.25, 0.3) is 0 Å². The molecule has 0 aliphatic heterocycles. The number of rotatable bonds is 3. The normalized spacial score (nSPS) is 17.5. The van der Waals surface area contributed by atoms with Crippen LogP contribution in [0.4, 0.5) is 4.39 Å². The van der Waals surface area contributed by atoms with Gasteiger partial charge in [-0.15, -0.1) is 0 Å². The van der Waals surface area contributed by atoms with E-state index < -0.39 is 15.8 Å². The minimum absolute atomic E-state index is 0.192. The molecule has 3 nitrogen and oxygen atoms in total. The molecule has 0 unspecified atom stereocenters. The lowest BCUT2D eigenvalue weighted by Crippen LogP contribution is -2.20. The maximum Gasteiger partial charge on any atom is 0.217 e. The number of halogens is 1. The highest BCUT2D eigenvalue weighted by Gasteiger charge is 2.29. The fourth-order valence-electron chi connectivity index (χ4n) is 2.30. The first-order valence-electron chi connectivity index (χ1n) is 5.81. The van der Waals surface area contributed by atoms with Gasteiger partial charge < -0.3 is 0 Å². The molecule has 0 saturated heterocycles. The topological polar surface area (TPSA) is 47.0 Å². The average molecular weight is 257 g/mol. The summed E-state index contributed by atoms with van der Waals surface area (Å²) in [6.45, 7) is 1.78. The smallest absolute Gasteiger partial charge is 0.217 e. The van der Waals surface area contributed by atoms with Crippen LogP contribution in [0.15, 0.2) is 12.3 Å². The minimum Gasteiger partial charge on any atom is -0.228 e. The van der Waals surface area contributed by atoms with Crippen molar-refractivity contribution < 1.29 is 12.8 Å². The fourth-order valence-corrected chi connectivity index (χ4v) is 4.22. The van der Waals surface area contributed by atoms with Gasteiger partial charge in [0.25, 0.3) is 0 Å². The molecular weight excluding hydrogens is 241 g/mol. The predicted octanol–water partition coefficient (Wildman–Crippen LogP) is 2.39. The maximum absolute atomic E-state index is 13.4. The van der Waals surface area contributed by atoms with Crippen molar-refractivity contribution in [1.82, 2.24) is 4.98 Å². The van der Waals surface area contributed by atoms with Crippen molar-refractivity contribution in [1.29, 1.82) is 0 Å². The van der Waals surface area contributed by atoms with Crippen LogP contribution in [0.5, 0.6) is 0 Å². The van der Waals surface area contributed by atoms with Crippen LogP contribution in [0.1, 0.15) is 36.8 Å². The second-order valence-corrected chi connectivity index (χ2v) is 6.96. The first-order chi connectivity index (χ1) is 7.99. The van der Waals surface area contributed by atoms with E-state index in [0.717, 1.165) is 18.4 Å². The number of aryl methyl sites for hydroxylation is 1. The predicted molar refractivity (Wildman–Crippen MR) is 63.8 cm³/mol. The highest BCUT2D eigenvalue weighted by molar-refractivity contribution is 7.91. The van der Waals surface area contributed by atoms with Gasteiger partial charge in [-0.25, -0.2) is 13.4 Å². The zero-order valence-electron chi connectivity index (χ0n) is 9.82. The van der Waals surface area contributed by atoms with Gasteiger partial charge in [-0.05, 0) is 31.4 Å². The van der Waals surface area contributed by atoms with E-state index in [2.05, 4.69) is 4.98 Å². The summed E-state index contributed by atoms with van der Waals surface area (Å²) in [6, 6.07) is 1.56. The van der Waals surface area contributed by atoms with E-state index in [-0.39, 0.29) is 16.6 Å². The lowest BCUT2D eigenvalue weighted by atomic mass is 10.2. The largest absolute Gasteiger partial charge is 0.228 e. The van der Waals surface area contributed by atoms with Crippen molar-refractivity contribution in [2.75, 3.05) is 0 Å². The highest BCUT2D eigenvalue weighted by atomic mass is 32.2. The molecule has 0 bridgehead atoms. The Morgan fingerprint density at radius 2 is 2.06 bits per heavy atom. The lowest BCUT2D eigenvalue weighted by molar-refractivity contribution is 0.558. The van der Waals surface area contributed by atoms with E-state index in [1.54, 1.807) is 13.0 Å². The number of nitrogens with zero attached hydrogens (tertiary/aromatic N) is 1. The SMILES string of the molecule is Cc1cnc(F)c(CS(=O)(=O)C2CCCC2)c1. The summed E-state index contributed by atoms with van der Waals surface area (Å²) in [7, 11) is -3.23. The number of aromatic nitrogens is 1. The summed E-state index contributed by atoms with van der Waals surface area (Å²) in [5, 5.41) is -0.289. The van der Waals surface area contributed by atoms with Gasteiger partial charge in [-0.1, -0.05) is 12.8 Å². The first kappa shape index (κ1) is 12.5. The molecule has 0 aromatic carbocycles. The molecule has 0 N–H and O–H groups in total. The Morgan fingerprint density at radius 3 is 2.71 bits per heavy atom. The van der Waals surface area contributed by atoms with Gasteiger partial charge in [0, 0.05) is 11.8 Å². The number of pyridine rings is 1. The molecule has 1 aromatic rings. The summed E-state index contributed by atoms with van der Waals surface area (Å²) in [5.41, 5.74) is 0.972. The molecule has 0 amide bonds. The molecule has 0 atom stereocenters. The molecule has 2 rings (SSSR count). The van der Waals surface area contributed by atoms with Crippen molar-refractivity contribution >= 4 is 9.84 Å². The fraction of sp³-hybridized carbons (Fsp3) is 0.583.